The van der Waals surface area contributed by atoms with Crippen LogP contribution in [0.1, 0.15) is 1.43 Å². The van der Waals surface area contributed by atoms with Gasteiger partial charge in [-0.3, -0.25) is 0 Å². The molecule has 10 heavy (non-hydrogen) atoms. The van der Waals surface area contributed by atoms with Crippen molar-refractivity contribution in [1.82, 2.24) is 4.65 Å². The molecule has 0 amide bonds. The molecule has 0 spiro atoms. The van der Waals surface area contributed by atoms with Gasteiger partial charge in [0.2, 0.25) is 0 Å². The van der Waals surface area contributed by atoms with Crippen LogP contribution in [0, 0.1) is 0 Å². The summed E-state index contributed by atoms with van der Waals surface area (Å²) >= 11 is 0. The second-order valence-electron chi connectivity index (χ2n) is 4.62. The van der Waals surface area contributed by atoms with Gasteiger partial charge in [-0.15, -0.1) is 0 Å². The van der Waals surface area contributed by atoms with Crippen molar-refractivity contribution in [1.29, 1.82) is 0 Å². The van der Waals surface area contributed by atoms with Gasteiger partial charge in [0.1, 0.15) is 16.5 Å². The van der Waals surface area contributed by atoms with Crippen molar-refractivity contribution in [2.24, 2.45) is 0 Å². The van der Waals surface area contributed by atoms with Crippen LogP contribution in [0.25, 0.3) is 0 Å². The largest absolute Gasteiger partial charge is 1.00 e. The summed E-state index contributed by atoms with van der Waals surface area (Å²) in [5.74, 6) is 0. The van der Waals surface area contributed by atoms with E-state index in [0.717, 1.165) is 0 Å². The van der Waals surface area contributed by atoms with Crippen LogP contribution in [-0.2, 0) is 0 Å². The molecule has 1 N–H and O–H groups in total. The van der Waals surface area contributed by atoms with Gasteiger partial charge in [0.25, 0.3) is 0 Å². The van der Waals surface area contributed by atoms with E-state index in [4.69, 9.17) is 0 Å². The zero-order chi connectivity index (χ0) is 7.71. The summed E-state index contributed by atoms with van der Waals surface area (Å²) < 4.78 is 3.74. The van der Waals surface area contributed by atoms with Crippen molar-refractivity contribution in [2.75, 3.05) is 0 Å². The van der Waals surface area contributed by atoms with Crippen LogP contribution < -0.4 is 56.0 Å². The van der Waals surface area contributed by atoms with Gasteiger partial charge in [0.05, 0.1) is 0 Å². The average Bonchev–Trinajstić information content (AvgIpc) is 1.14. The molecule has 0 radical (unpaired) electrons. The second kappa shape index (κ2) is 4.91. The molecular weight excluding hydrogens is 181 g/mol. The fourth-order valence-electron chi connectivity index (χ4n) is 1.12. The van der Waals surface area contributed by atoms with Crippen molar-refractivity contribution in [3.63, 3.8) is 0 Å². The van der Waals surface area contributed by atoms with E-state index in [1.165, 1.54) is 0 Å². The molecule has 0 bridgehead atoms. The molecule has 0 aromatic rings. The van der Waals surface area contributed by atoms with Crippen molar-refractivity contribution >= 4 is 16.5 Å². The van der Waals surface area contributed by atoms with E-state index in [-0.39, 0.29) is 52.8 Å². The van der Waals surface area contributed by atoms with E-state index in [2.05, 4.69) is 43.9 Å². The standard InChI is InChI=1S/C6H19NSi2.K.H/c1-8(2,3)7-9(4,5)6;;/h7H,1-6H3;;/q;+1;-1. The van der Waals surface area contributed by atoms with Gasteiger partial charge >= 0.3 is 51.4 Å². The molecule has 0 aliphatic rings. The third-order valence-corrected chi connectivity index (χ3v) is 6.75. The normalized spacial score (nSPS) is 12.6. The van der Waals surface area contributed by atoms with Crippen LogP contribution in [0.3, 0.4) is 0 Å². The van der Waals surface area contributed by atoms with Gasteiger partial charge in [-0.2, -0.15) is 0 Å². The quantitative estimate of drug-likeness (QED) is 0.587. The Labute approximate surface area is 111 Å². The van der Waals surface area contributed by atoms with Crippen molar-refractivity contribution in [3.8, 4) is 0 Å². The summed E-state index contributed by atoms with van der Waals surface area (Å²) in [4.78, 5) is 0. The molecule has 4 heteroatoms. The molecule has 0 aromatic carbocycles. The molecule has 0 rings (SSSR count). The number of hydrogen-bond acceptors (Lipinski definition) is 1. The van der Waals surface area contributed by atoms with Gasteiger partial charge in [0.15, 0.2) is 0 Å². The zero-order valence-electron chi connectivity index (χ0n) is 9.50. The van der Waals surface area contributed by atoms with E-state index in [1.54, 1.807) is 0 Å². The minimum absolute atomic E-state index is 0. The Balaban J connectivity index is -0.000000320. The minimum Gasteiger partial charge on any atom is -1.00 e. The van der Waals surface area contributed by atoms with E-state index < -0.39 is 16.5 Å². The van der Waals surface area contributed by atoms with Gasteiger partial charge in [-0.1, -0.05) is 39.3 Å². The van der Waals surface area contributed by atoms with Crippen molar-refractivity contribution in [3.05, 3.63) is 0 Å². The maximum Gasteiger partial charge on any atom is 1.00 e. The van der Waals surface area contributed by atoms with Crippen LogP contribution in [-0.4, -0.2) is 16.5 Å². The summed E-state index contributed by atoms with van der Waals surface area (Å²) in [7, 11) is -1.96. The molecule has 0 fully saturated rings. The Hall–Kier alpha value is 2.03. The number of hydrogen-bond donors (Lipinski definition) is 1. The average molecular weight is 202 g/mol. The van der Waals surface area contributed by atoms with Gasteiger partial charge in [-0.25, -0.2) is 0 Å². The monoisotopic (exact) mass is 201 g/mol. The Morgan fingerprint density at radius 3 is 1.00 bits per heavy atom. The summed E-state index contributed by atoms with van der Waals surface area (Å²) in [5.41, 5.74) is 0. The van der Waals surface area contributed by atoms with Crippen LogP contribution in [0.15, 0.2) is 0 Å². The molecule has 0 unspecified atom stereocenters. The van der Waals surface area contributed by atoms with E-state index in [9.17, 15) is 0 Å². The Bertz CT molecular complexity index is 85.7. The van der Waals surface area contributed by atoms with E-state index in [0.29, 0.717) is 0 Å². The second-order valence-corrected chi connectivity index (χ2v) is 14.6. The van der Waals surface area contributed by atoms with E-state index >= 15 is 0 Å². The molecule has 58 valence electrons. The fourth-order valence-corrected chi connectivity index (χ4v) is 10.1. The predicted molar refractivity (Wildman–Crippen MR) is 50.9 cm³/mol. The van der Waals surface area contributed by atoms with Crippen molar-refractivity contribution < 1.29 is 52.8 Å². The predicted octanol–water partition coefficient (Wildman–Crippen LogP) is -0.638. The zero-order valence-corrected chi connectivity index (χ0v) is 13.6. The topological polar surface area (TPSA) is 12.0 Å². The summed E-state index contributed by atoms with van der Waals surface area (Å²) in [6.07, 6.45) is 0. The van der Waals surface area contributed by atoms with Crippen LogP contribution in [0.4, 0.5) is 0 Å². The van der Waals surface area contributed by atoms with Crippen LogP contribution >= 0.6 is 0 Å². The number of rotatable bonds is 2. The molecule has 0 aromatic heterocycles. The maximum atomic E-state index is 3.74. The summed E-state index contributed by atoms with van der Waals surface area (Å²) in [5, 5.41) is 0. The fraction of sp³-hybridized carbons (Fsp3) is 1.00. The molecule has 0 heterocycles. The molecule has 0 aliphatic heterocycles. The first-order valence-corrected chi connectivity index (χ1v) is 10.5. The molecule has 0 saturated carbocycles. The third-order valence-electron chi connectivity index (χ3n) is 0.750. The van der Waals surface area contributed by atoms with Crippen LogP contribution in [0.2, 0.25) is 39.3 Å². The maximum absolute atomic E-state index is 3.74. The smallest absolute Gasteiger partial charge is 1.00 e. The van der Waals surface area contributed by atoms with E-state index in [1.807, 2.05) is 0 Å². The SMILES string of the molecule is C[Si](C)(C)N[Si](C)(C)C.[H-].[K+]. The van der Waals surface area contributed by atoms with Gasteiger partial charge in [0, 0.05) is 0 Å². The Morgan fingerprint density at radius 1 is 0.800 bits per heavy atom. The molecular formula is C6H20KNSi2. The summed E-state index contributed by atoms with van der Waals surface area (Å²) in [6.45, 7) is 14.1. The minimum atomic E-state index is -0.981. The first kappa shape index (κ1) is 14.5. The first-order valence-electron chi connectivity index (χ1n) is 3.50. The molecule has 0 saturated heterocycles. The van der Waals surface area contributed by atoms with Crippen molar-refractivity contribution in [2.45, 2.75) is 39.3 Å². The Kier molecular flexibility index (Phi) is 7.15. The van der Waals surface area contributed by atoms with Crippen LogP contribution in [0.5, 0.6) is 0 Å². The Morgan fingerprint density at radius 2 is 1.00 bits per heavy atom. The number of nitrogens with one attached hydrogen (secondary N) is 1. The van der Waals surface area contributed by atoms with Gasteiger partial charge < -0.3 is 6.07 Å². The molecule has 0 aliphatic carbocycles. The summed E-state index contributed by atoms with van der Waals surface area (Å²) in [6, 6.07) is 0. The first-order chi connectivity index (χ1) is 3.71. The molecule has 1 nitrogen and oxygen atoms in total. The third kappa shape index (κ3) is 12.7. The molecule has 0 atom stereocenters. The van der Waals surface area contributed by atoms with Gasteiger partial charge in [-0.05, 0) is 0 Å².